The van der Waals surface area contributed by atoms with Crippen molar-refractivity contribution < 1.29 is 14.1 Å². The molecule has 0 saturated carbocycles. The third-order valence-electron chi connectivity index (χ3n) is 4.85. The maximum atomic E-state index is 11.4. The summed E-state index contributed by atoms with van der Waals surface area (Å²) in [6, 6.07) is 9.58. The van der Waals surface area contributed by atoms with Crippen molar-refractivity contribution in [1.29, 1.82) is 5.26 Å². The average molecular weight is 426 g/mol. The third kappa shape index (κ3) is 3.17. The lowest BCUT2D eigenvalue weighted by atomic mass is 9.87. The molecule has 0 aliphatic carbocycles. The van der Waals surface area contributed by atoms with Crippen LogP contribution in [-0.4, -0.2) is 15.1 Å². The van der Waals surface area contributed by atoms with E-state index in [1.165, 1.54) is 18.2 Å². The van der Waals surface area contributed by atoms with Gasteiger partial charge in [0.1, 0.15) is 23.2 Å². The molecule has 30 heavy (non-hydrogen) atoms. The van der Waals surface area contributed by atoms with Crippen LogP contribution in [0.15, 0.2) is 46.2 Å². The SMILES string of the molecule is CCCc1[nH]nc2c1[C@H](c1ccc(-c3cc(Cl)ccc3[N+](=O)[O-])o1)C(C#N)=C(N)O2. The second-order valence-corrected chi connectivity index (χ2v) is 7.15. The Labute approximate surface area is 175 Å². The Kier molecular flexibility index (Phi) is 4.93. The summed E-state index contributed by atoms with van der Waals surface area (Å²) in [5.41, 5.74) is 7.71. The Hall–Kier alpha value is -3.77. The fraction of sp³-hybridized carbons (Fsp3) is 0.200. The number of hydrogen-bond acceptors (Lipinski definition) is 7. The first-order valence-corrected chi connectivity index (χ1v) is 9.51. The summed E-state index contributed by atoms with van der Waals surface area (Å²) in [6.07, 6.45) is 1.54. The van der Waals surface area contributed by atoms with Gasteiger partial charge in [-0.1, -0.05) is 24.9 Å². The molecule has 0 fully saturated rings. The topological polar surface area (TPSA) is 144 Å². The van der Waals surface area contributed by atoms with Crippen molar-refractivity contribution in [2.45, 2.75) is 25.7 Å². The van der Waals surface area contributed by atoms with E-state index >= 15 is 0 Å². The summed E-state index contributed by atoms with van der Waals surface area (Å²) in [6.45, 7) is 2.02. The number of aromatic nitrogens is 2. The van der Waals surface area contributed by atoms with E-state index in [0.29, 0.717) is 22.8 Å². The quantitative estimate of drug-likeness (QED) is 0.455. The Bertz CT molecular complexity index is 1220. The number of aryl methyl sites for hydroxylation is 1. The molecule has 9 nitrogen and oxygen atoms in total. The van der Waals surface area contributed by atoms with Crippen molar-refractivity contribution in [3.63, 3.8) is 0 Å². The first-order valence-electron chi connectivity index (χ1n) is 9.13. The number of nitrogens with two attached hydrogens (primary N) is 1. The highest BCUT2D eigenvalue weighted by molar-refractivity contribution is 6.31. The summed E-state index contributed by atoms with van der Waals surface area (Å²) >= 11 is 6.04. The summed E-state index contributed by atoms with van der Waals surface area (Å²) in [5, 5.41) is 28.6. The number of fused-ring (bicyclic) bond motifs is 1. The van der Waals surface area contributed by atoms with Gasteiger partial charge in [-0.15, -0.1) is 5.10 Å². The van der Waals surface area contributed by atoms with E-state index in [-0.39, 0.29) is 34.3 Å². The number of aromatic amines is 1. The van der Waals surface area contributed by atoms with Crippen molar-refractivity contribution in [3.05, 3.63) is 73.9 Å². The third-order valence-corrected chi connectivity index (χ3v) is 5.08. The van der Waals surface area contributed by atoms with Gasteiger partial charge in [-0.3, -0.25) is 15.2 Å². The van der Waals surface area contributed by atoms with Crippen molar-refractivity contribution in [2.75, 3.05) is 0 Å². The van der Waals surface area contributed by atoms with E-state index in [9.17, 15) is 15.4 Å². The van der Waals surface area contributed by atoms with Gasteiger partial charge in [-0.2, -0.15) is 5.26 Å². The van der Waals surface area contributed by atoms with Gasteiger partial charge in [0.05, 0.1) is 22.0 Å². The number of nitrogens with zero attached hydrogens (tertiary/aromatic N) is 3. The standard InChI is InChI=1S/C20H16ClN5O4/c1-2-3-13-18-17(12(9-22)19(23)30-20(18)25-24-13)16-7-6-15(29-16)11-8-10(21)4-5-14(11)26(27)28/h4-8,17H,2-3,23H2,1H3,(H,24,25)/t17-/m0/s1. The Morgan fingerprint density at radius 2 is 2.20 bits per heavy atom. The van der Waals surface area contributed by atoms with E-state index in [1.54, 1.807) is 12.1 Å². The van der Waals surface area contributed by atoms with Crippen molar-refractivity contribution in [2.24, 2.45) is 5.73 Å². The zero-order valence-corrected chi connectivity index (χ0v) is 16.6. The van der Waals surface area contributed by atoms with E-state index in [4.69, 9.17) is 26.5 Å². The van der Waals surface area contributed by atoms with Gasteiger partial charge < -0.3 is 14.9 Å². The molecular formula is C20H16ClN5O4. The highest BCUT2D eigenvalue weighted by atomic mass is 35.5. The molecule has 3 N–H and O–H groups in total. The molecule has 0 spiro atoms. The van der Waals surface area contributed by atoms with Crippen LogP contribution in [0.25, 0.3) is 11.3 Å². The zero-order valence-electron chi connectivity index (χ0n) is 15.8. The number of halogens is 1. The first kappa shape index (κ1) is 19.5. The molecule has 0 bridgehead atoms. The van der Waals surface area contributed by atoms with E-state index in [0.717, 1.165) is 12.1 Å². The molecule has 0 radical (unpaired) electrons. The molecule has 1 aromatic carbocycles. The lowest BCUT2D eigenvalue weighted by molar-refractivity contribution is -0.384. The fourth-order valence-corrected chi connectivity index (χ4v) is 3.72. The monoisotopic (exact) mass is 425 g/mol. The Balaban J connectivity index is 1.86. The van der Waals surface area contributed by atoms with Gasteiger partial charge in [0, 0.05) is 16.8 Å². The number of H-pyrrole nitrogens is 1. The van der Waals surface area contributed by atoms with Crippen LogP contribution in [0, 0.1) is 21.4 Å². The molecular weight excluding hydrogens is 410 g/mol. The highest BCUT2D eigenvalue weighted by Gasteiger charge is 2.37. The number of nitro benzene ring substituents is 1. The van der Waals surface area contributed by atoms with Crippen LogP contribution in [0.5, 0.6) is 5.88 Å². The number of allylic oxidation sites excluding steroid dienone is 1. The minimum atomic E-state index is -0.647. The minimum absolute atomic E-state index is 0.0590. The summed E-state index contributed by atoms with van der Waals surface area (Å²) in [7, 11) is 0. The van der Waals surface area contributed by atoms with E-state index < -0.39 is 10.8 Å². The van der Waals surface area contributed by atoms with Crippen LogP contribution < -0.4 is 10.5 Å². The average Bonchev–Trinajstić information content (AvgIpc) is 3.34. The lowest BCUT2D eigenvalue weighted by Gasteiger charge is -2.22. The summed E-state index contributed by atoms with van der Waals surface area (Å²) in [4.78, 5) is 10.9. The number of nitriles is 1. The van der Waals surface area contributed by atoms with Crippen molar-refractivity contribution >= 4 is 17.3 Å². The Morgan fingerprint density at radius 1 is 1.40 bits per heavy atom. The molecule has 1 atom stereocenters. The fourth-order valence-electron chi connectivity index (χ4n) is 3.55. The van der Waals surface area contributed by atoms with Crippen LogP contribution in [0.2, 0.25) is 5.02 Å². The molecule has 10 heteroatoms. The molecule has 2 aromatic heterocycles. The highest BCUT2D eigenvalue weighted by Crippen LogP contribution is 2.45. The number of hydrogen-bond donors (Lipinski definition) is 2. The molecule has 1 aliphatic rings. The molecule has 0 saturated heterocycles. The summed E-state index contributed by atoms with van der Waals surface area (Å²) in [5.74, 6) is 0.222. The number of ether oxygens (including phenoxy) is 1. The van der Waals surface area contributed by atoms with Crippen LogP contribution in [0.3, 0.4) is 0 Å². The van der Waals surface area contributed by atoms with Crippen molar-refractivity contribution in [1.82, 2.24) is 10.2 Å². The maximum Gasteiger partial charge on any atom is 0.280 e. The van der Waals surface area contributed by atoms with Gasteiger partial charge in [0.25, 0.3) is 5.69 Å². The van der Waals surface area contributed by atoms with Gasteiger partial charge in [0.15, 0.2) is 0 Å². The number of nitrogens with one attached hydrogen (secondary N) is 1. The van der Waals surface area contributed by atoms with Crippen LogP contribution >= 0.6 is 11.6 Å². The van der Waals surface area contributed by atoms with Crippen molar-refractivity contribution in [3.8, 4) is 23.3 Å². The number of rotatable bonds is 5. The van der Waals surface area contributed by atoms with Gasteiger partial charge >= 0.3 is 0 Å². The van der Waals surface area contributed by atoms with E-state index in [1.807, 2.05) is 6.92 Å². The zero-order chi connectivity index (χ0) is 21.4. The van der Waals surface area contributed by atoms with Gasteiger partial charge in [-0.05, 0) is 30.7 Å². The molecule has 4 rings (SSSR count). The van der Waals surface area contributed by atoms with Crippen LogP contribution in [-0.2, 0) is 6.42 Å². The molecule has 0 amide bonds. The molecule has 3 heterocycles. The van der Waals surface area contributed by atoms with Gasteiger partial charge in [-0.25, -0.2) is 0 Å². The largest absolute Gasteiger partial charge is 0.460 e. The molecule has 3 aromatic rings. The predicted molar refractivity (Wildman–Crippen MR) is 108 cm³/mol. The molecule has 0 unspecified atom stereocenters. The molecule has 1 aliphatic heterocycles. The second kappa shape index (κ2) is 7.57. The maximum absolute atomic E-state index is 11.4. The first-order chi connectivity index (χ1) is 14.4. The lowest BCUT2D eigenvalue weighted by Crippen LogP contribution is -2.21. The van der Waals surface area contributed by atoms with Crippen LogP contribution in [0.4, 0.5) is 5.69 Å². The predicted octanol–water partition coefficient (Wildman–Crippen LogP) is 4.40. The van der Waals surface area contributed by atoms with E-state index in [2.05, 4.69) is 16.3 Å². The second-order valence-electron chi connectivity index (χ2n) is 6.72. The summed E-state index contributed by atoms with van der Waals surface area (Å²) < 4.78 is 11.5. The number of benzene rings is 1. The number of nitro groups is 1. The Morgan fingerprint density at radius 3 is 2.90 bits per heavy atom. The van der Waals surface area contributed by atoms with Gasteiger partial charge in [0.2, 0.25) is 11.8 Å². The smallest absolute Gasteiger partial charge is 0.280 e. The molecule has 152 valence electrons. The number of furan rings is 1. The normalized spacial score (nSPS) is 15.4. The van der Waals surface area contributed by atoms with Crippen LogP contribution in [0.1, 0.15) is 36.3 Å². The minimum Gasteiger partial charge on any atom is -0.460 e.